The monoisotopic (exact) mass is 452 g/mol. The summed E-state index contributed by atoms with van der Waals surface area (Å²) in [4.78, 5) is 41.0. The second-order valence-corrected chi connectivity index (χ2v) is 9.59. The summed E-state index contributed by atoms with van der Waals surface area (Å²) in [5, 5.41) is 7.49. The summed E-state index contributed by atoms with van der Waals surface area (Å²) in [6, 6.07) is 9.38. The van der Waals surface area contributed by atoms with Gasteiger partial charge in [0, 0.05) is 18.7 Å². The molecular weight excluding hydrogens is 420 g/mol. The minimum absolute atomic E-state index is 0.0580. The third kappa shape index (κ3) is 4.38. The number of rotatable bonds is 5. The lowest BCUT2D eigenvalue weighted by Crippen LogP contribution is -2.64. The van der Waals surface area contributed by atoms with E-state index >= 15 is 0 Å². The molecule has 0 radical (unpaired) electrons. The number of nitrogens with one attached hydrogen (secondary N) is 1. The molecule has 33 heavy (non-hydrogen) atoms. The number of carbonyl (C=O) groups is 3. The van der Waals surface area contributed by atoms with Gasteiger partial charge in [-0.3, -0.25) is 14.3 Å². The van der Waals surface area contributed by atoms with Crippen molar-refractivity contribution >= 4 is 17.8 Å². The number of hydrogen-bond donors (Lipinski definition) is 1. The van der Waals surface area contributed by atoms with E-state index < -0.39 is 11.5 Å². The number of aromatic nitrogens is 2. The lowest BCUT2D eigenvalue weighted by atomic mass is 9.86. The Bertz CT molecular complexity index is 1070. The molecule has 1 aromatic heterocycles. The summed E-state index contributed by atoms with van der Waals surface area (Å²) >= 11 is 0. The van der Waals surface area contributed by atoms with E-state index in [9.17, 15) is 14.4 Å². The number of carbonyl (C=O) groups excluding carboxylic acids is 3. The standard InChI is InChI=1S/C25H32N4O4/c1-16-9-11-19(12-10-16)26-24(32)25(3)15-29-21(13-20(27-29)23(31)33-4)22(30)28(25)14-18-8-6-5-7-17(18)2/h5-8,13,16,19H,9-12,14-15H2,1-4H3,(H,26,32)/t16?,19?,25-/m1/s1. The van der Waals surface area contributed by atoms with E-state index in [2.05, 4.69) is 17.3 Å². The molecule has 2 aliphatic rings. The molecule has 1 aliphatic heterocycles. The van der Waals surface area contributed by atoms with E-state index in [1.165, 1.54) is 17.9 Å². The van der Waals surface area contributed by atoms with Gasteiger partial charge in [0.05, 0.1) is 13.7 Å². The maximum Gasteiger partial charge on any atom is 0.358 e. The average molecular weight is 453 g/mol. The molecular formula is C25H32N4O4. The first-order valence-electron chi connectivity index (χ1n) is 11.6. The van der Waals surface area contributed by atoms with E-state index in [4.69, 9.17) is 4.74 Å². The fourth-order valence-corrected chi connectivity index (χ4v) is 4.80. The molecule has 1 aliphatic carbocycles. The van der Waals surface area contributed by atoms with E-state index in [0.717, 1.165) is 36.8 Å². The van der Waals surface area contributed by atoms with Crippen LogP contribution in [0.2, 0.25) is 0 Å². The first kappa shape index (κ1) is 23.0. The van der Waals surface area contributed by atoms with Gasteiger partial charge in [-0.05, 0) is 56.6 Å². The minimum Gasteiger partial charge on any atom is -0.464 e. The van der Waals surface area contributed by atoms with Crippen LogP contribution in [0, 0.1) is 12.8 Å². The molecule has 1 fully saturated rings. The predicted octanol–water partition coefficient (Wildman–Crippen LogP) is 3.09. The number of fused-ring (bicyclic) bond motifs is 1. The fraction of sp³-hybridized carbons (Fsp3) is 0.520. The molecule has 1 saturated carbocycles. The van der Waals surface area contributed by atoms with Gasteiger partial charge in [0.15, 0.2) is 5.69 Å². The molecule has 1 atom stereocenters. The summed E-state index contributed by atoms with van der Waals surface area (Å²) in [5.41, 5.74) is 1.19. The van der Waals surface area contributed by atoms with E-state index in [1.54, 1.807) is 11.8 Å². The molecule has 1 aromatic carbocycles. The molecule has 8 heteroatoms. The molecule has 4 rings (SSSR count). The summed E-state index contributed by atoms with van der Waals surface area (Å²) in [6.45, 7) is 6.46. The van der Waals surface area contributed by atoms with Crippen molar-refractivity contribution in [3.05, 3.63) is 52.8 Å². The van der Waals surface area contributed by atoms with Gasteiger partial charge in [0.2, 0.25) is 5.91 Å². The van der Waals surface area contributed by atoms with Gasteiger partial charge in [-0.15, -0.1) is 0 Å². The van der Waals surface area contributed by atoms with Crippen LogP contribution in [0.5, 0.6) is 0 Å². The molecule has 0 bridgehead atoms. The zero-order valence-corrected chi connectivity index (χ0v) is 19.8. The summed E-state index contributed by atoms with van der Waals surface area (Å²) < 4.78 is 6.24. The fourth-order valence-electron chi connectivity index (χ4n) is 4.80. The van der Waals surface area contributed by atoms with Crippen molar-refractivity contribution in [2.75, 3.05) is 7.11 Å². The first-order chi connectivity index (χ1) is 15.7. The lowest BCUT2D eigenvalue weighted by molar-refractivity contribution is -0.134. The van der Waals surface area contributed by atoms with Crippen LogP contribution in [0.4, 0.5) is 0 Å². The number of esters is 1. The maximum atomic E-state index is 13.7. The van der Waals surface area contributed by atoms with Crippen molar-refractivity contribution in [3.8, 4) is 0 Å². The highest BCUT2D eigenvalue weighted by atomic mass is 16.5. The number of ether oxygens (including phenoxy) is 1. The van der Waals surface area contributed by atoms with Crippen molar-refractivity contribution in [2.45, 2.75) is 71.1 Å². The van der Waals surface area contributed by atoms with Crippen LogP contribution in [0.25, 0.3) is 0 Å². The van der Waals surface area contributed by atoms with Crippen LogP contribution in [0.1, 0.15) is 71.6 Å². The van der Waals surface area contributed by atoms with E-state index in [-0.39, 0.29) is 42.3 Å². The van der Waals surface area contributed by atoms with Gasteiger partial charge in [0.25, 0.3) is 5.91 Å². The van der Waals surface area contributed by atoms with Gasteiger partial charge >= 0.3 is 5.97 Å². The third-order valence-electron chi connectivity index (χ3n) is 7.12. The quantitative estimate of drug-likeness (QED) is 0.704. The maximum absolute atomic E-state index is 13.7. The number of hydrogen-bond acceptors (Lipinski definition) is 5. The van der Waals surface area contributed by atoms with Gasteiger partial charge < -0.3 is 15.0 Å². The van der Waals surface area contributed by atoms with Crippen molar-refractivity contribution in [2.24, 2.45) is 5.92 Å². The summed E-state index contributed by atoms with van der Waals surface area (Å²) in [5.74, 6) is -0.463. The molecule has 2 amide bonds. The number of methoxy groups -OCH3 is 1. The van der Waals surface area contributed by atoms with Crippen molar-refractivity contribution in [3.63, 3.8) is 0 Å². The van der Waals surface area contributed by atoms with Gasteiger partial charge in [-0.25, -0.2) is 4.79 Å². The molecule has 0 unspecified atom stereocenters. The zero-order chi connectivity index (χ0) is 23.8. The Morgan fingerprint density at radius 2 is 1.91 bits per heavy atom. The van der Waals surface area contributed by atoms with Crippen LogP contribution < -0.4 is 5.32 Å². The Labute approximate surface area is 194 Å². The molecule has 1 N–H and O–H groups in total. The molecule has 8 nitrogen and oxygen atoms in total. The summed E-state index contributed by atoms with van der Waals surface area (Å²) in [6.07, 6.45) is 4.04. The average Bonchev–Trinajstić information content (AvgIpc) is 3.22. The number of amides is 2. The Morgan fingerprint density at radius 3 is 2.58 bits per heavy atom. The highest BCUT2D eigenvalue weighted by Crippen LogP contribution is 2.31. The lowest BCUT2D eigenvalue weighted by Gasteiger charge is -2.44. The van der Waals surface area contributed by atoms with Crippen molar-refractivity contribution in [1.29, 1.82) is 0 Å². The molecule has 176 valence electrons. The Hall–Kier alpha value is -3.16. The highest BCUT2D eigenvalue weighted by Gasteiger charge is 2.48. The first-order valence-corrected chi connectivity index (χ1v) is 11.6. The molecule has 2 heterocycles. The van der Waals surface area contributed by atoms with Crippen molar-refractivity contribution < 1.29 is 19.1 Å². The van der Waals surface area contributed by atoms with E-state index in [0.29, 0.717) is 5.92 Å². The van der Waals surface area contributed by atoms with E-state index in [1.807, 2.05) is 31.2 Å². The number of aryl methyl sites for hydroxylation is 1. The van der Waals surface area contributed by atoms with Crippen LogP contribution in [0.3, 0.4) is 0 Å². The molecule has 0 spiro atoms. The summed E-state index contributed by atoms with van der Waals surface area (Å²) in [7, 11) is 1.27. The van der Waals surface area contributed by atoms with Gasteiger partial charge in [0.1, 0.15) is 11.2 Å². The predicted molar refractivity (Wildman–Crippen MR) is 123 cm³/mol. The molecule has 2 aromatic rings. The largest absolute Gasteiger partial charge is 0.464 e. The van der Waals surface area contributed by atoms with Crippen LogP contribution in [-0.2, 0) is 22.6 Å². The second kappa shape index (κ2) is 9.00. The van der Waals surface area contributed by atoms with Crippen LogP contribution in [0.15, 0.2) is 30.3 Å². The Kier molecular flexibility index (Phi) is 6.28. The van der Waals surface area contributed by atoms with Gasteiger partial charge in [-0.1, -0.05) is 31.2 Å². The minimum atomic E-state index is -1.16. The van der Waals surface area contributed by atoms with Crippen LogP contribution >= 0.6 is 0 Å². The Morgan fingerprint density at radius 1 is 1.21 bits per heavy atom. The SMILES string of the molecule is COC(=O)c1cc2n(n1)C[C@](C)(C(=O)NC1CCC(C)CC1)N(Cc1ccccc1C)C2=O. The third-order valence-corrected chi connectivity index (χ3v) is 7.12. The van der Waals surface area contributed by atoms with Crippen LogP contribution in [-0.4, -0.2) is 51.2 Å². The number of nitrogens with zero attached hydrogens (tertiary/aromatic N) is 3. The smallest absolute Gasteiger partial charge is 0.358 e. The zero-order valence-electron chi connectivity index (χ0n) is 19.8. The Balaban J connectivity index is 1.68. The van der Waals surface area contributed by atoms with Gasteiger partial charge in [-0.2, -0.15) is 5.10 Å². The topological polar surface area (TPSA) is 93.5 Å². The molecule has 0 saturated heterocycles. The second-order valence-electron chi connectivity index (χ2n) is 9.59. The number of benzene rings is 1. The van der Waals surface area contributed by atoms with Crippen molar-refractivity contribution in [1.82, 2.24) is 20.0 Å². The highest BCUT2D eigenvalue weighted by molar-refractivity contribution is 6.01. The normalized spacial score (nSPS) is 24.8.